The number of rotatable bonds is 5. The molecule has 10 heteroatoms. The molecule has 0 spiro atoms. The topological polar surface area (TPSA) is 122 Å². The van der Waals surface area contributed by atoms with E-state index < -0.39 is 0 Å². The van der Waals surface area contributed by atoms with Gasteiger partial charge in [-0.15, -0.1) is 0 Å². The van der Waals surface area contributed by atoms with Gasteiger partial charge in [-0.25, -0.2) is 9.78 Å². The van der Waals surface area contributed by atoms with Crippen molar-refractivity contribution in [2.45, 2.75) is 56.1 Å². The van der Waals surface area contributed by atoms with Crippen molar-refractivity contribution in [1.29, 1.82) is 0 Å². The second kappa shape index (κ2) is 9.42. The van der Waals surface area contributed by atoms with Crippen LogP contribution in [-0.2, 0) is 4.79 Å². The number of nitrogens with zero attached hydrogens (tertiary/aromatic N) is 2. The Morgan fingerprint density at radius 2 is 2.08 bits per heavy atom. The fourth-order valence-electron chi connectivity index (χ4n) is 5.74. The summed E-state index contributed by atoms with van der Waals surface area (Å²) < 4.78 is 5.88. The first-order valence-electron chi connectivity index (χ1n) is 12.5. The third-order valence-corrected chi connectivity index (χ3v) is 8.79. The molecule has 188 valence electrons. The number of urea groups is 1. The standard InChI is InChI=1S/C26H30N6O3S/c1-14-11-20(35-17-5-3-2-4-6-17)29-13-19(14)32-18-9-10-28-25-21(18)22(31-26(32)34)23(36-25)24(33)30-16-8-7-15(27)12-16/h2-6,11,13,15-16,18,21,25,28H,7-10,12,27H2,1H3,(H,30,33)(H,31,34)/t15-,16+,18?,21?,25?/m0/s1. The summed E-state index contributed by atoms with van der Waals surface area (Å²) in [6.45, 7) is 2.73. The van der Waals surface area contributed by atoms with Crippen LogP contribution in [0.2, 0.25) is 0 Å². The van der Waals surface area contributed by atoms with Crippen LogP contribution < -0.4 is 31.3 Å². The summed E-state index contributed by atoms with van der Waals surface area (Å²) >= 11 is 1.52. The van der Waals surface area contributed by atoms with E-state index >= 15 is 0 Å². The first-order valence-corrected chi connectivity index (χ1v) is 13.4. The number of anilines is 1. The molecule has 9 nitrogen and oxygen atoms in total. The largest absolute Gasteiger partial charge is 0.439 e. The minimum atomic E-state index is -0.232. The molecular formula is C26H30N6O3S. The zero-order valence-electron chi connectivity index (χ0n) is 20.1. The van der Waals surface area contributed by atoms with Crippen LogP contribution in [0.3, 0.4) is 0 Å². The van der Waals surface area contributed by atoms with Gasteiger partial charge in [0.05, 0.1) is 28.2 Å². The van der Waals surface area contributed by atoms with Crippen molar-refractivity contribution in [3.63, 3.8) is 0 Å². The maximum Gasteiger partial charge on any atom is 0.326 e. The molecule has 1 saturated carbocycles. The van der Waals surface area contributed by atoms with Crippen LogP contribution in [0, 0.1) is 12.8 Å². The van der Waals surface area contributed by atoms with Crippen molar-refractivity contribution in [2.24, 2.45) is 11.7 Å². The number of carbonyl (C=O) groups is 2. The molecule has 0 radical (unpaired) electrons. The van der Waals surface area contributed by atoms with Gasteiger partial charge < -0.3 is 26.4 Å². The number of nitrogens with one attached hydrogen (secondary N) is 3. The van der Waals surface area contributed by atoms with E-state index in [9.17, 15) is 9.59 Å². The minimum Gasteiger partial charge on any atom is -0.439 e. The highest BCUT2D eigenvalue weighted by atomic mass is 32.2. The Kier molecular flexibility index (Phi) is 6.10. The lowest BCUT2D eigenvalue weighted by Crippen LogP contribution is -2.62. The molecule has 3 fully saturated rings. The molecule has 4 aliphatic rings. The first kappa shape index (κ1) is 23.3. The second-order valence-corrected chi connectivity index (χ2v) is 11.0. The Morgan fingerprint density at radius 1 is 1.25 bits per heavy atom. The summed E-state index contributed by atoms with van der Waals surface area (Å²) in [6, 6.07) is 11.3. The summed E-state index contributed by atoms with van der Waals surface area (Å²) in [7, 11) is 0. The zero-order valence-corrected chi connectivity index (χ0v) is 20.9. The summed E-state index contributed by atoms with van der Waals surface area (Å²) in [6.07, 6.45) is 5.10. The van der Waals surface area contributed by atoms with Crippen molar-refractivity contribution >= 4 is 29.4 Å². The monoisotopic (exact) mass is 506 g/mol. The molecule has 2 aromatic rings. The summed E-state index contributed by atoms with van der Waals surface area (Å²) in [5.41, 5.74) is 8.41. The van der Waals surface area contributed by atoms with Crippen LogP contribution in [-0.4, -0.2) is 47.0 Å². The third kappa shape index (κ3) is 4.23. The van der Waals surface area contributed by atoms with E-state index in [1.165, 1.54) is 11.8 Å². The lowest BCUT2D eigenvalue weighted by Gasteiger charge is -2.46. The SMILES string of the molecule is Cc1cc(Oc2ccccc2)ncc1N1C(=O)NC2=C(C(=O)N[C@@H]3CC[C@H](N)C3)SC3NCCC1C23. The number of para-hydroxylation sites is 1. The molecule has 5 N–H and O–H groups in total. The van der Waals surface area contributed by atoms with Crippen LogP contribution in [0.1, 0.15) is 31.2 Å². The highest BCUT2D eigenvalue weighted by molar-refractivity contribution is 8.04. The number of benzene rings is 1. The molecule has 1 aromatic heterocycles. The first-order chi connectivity index (χ1) is 17.5. The Hall–Kier alpha value is -3.08. The number of hydrogen-bond acceptors (Lipinski definition) is 7. The molecule has 0 bridgehead atoms. The number of aromatic nitrogens is 1. The van der Waals surface area contributed by atoms with E-state index in [0.29, 0.717) is 16.5 Å². The minimum absolute atomic E-state index is 0.00678. The molecule has 1 aliphatic carbocycles. The van der Waals surface area contributed by atoms with Crippen molar-refractivity contribution in [3.05, 3.63) is 58.8 Å². The molecule has 3 amide bonds. The molecule has 4 heterocycles. The molecular weight excluding hydrogens is 476 g/mol. The van der Waals surface area contributed by atoms with E-state index in [1.807, 2.05) is 48.2 Å². The molecule has 3 aliphatic heterocycles. The van der Waals surface area contributed by atoms with E-state index in [2.05, 4.69) is 20.9 Å². The predicted molar refractivity (Wildman–Crippen MR) is 139 cm³/mol. The fourth-order valence-corrected chi connectivity index (χ4v) is 7.14. The quantitative estimate of drug-likeness (QED) is 0.492. The number of aryl methyl sites for hydroxylation is 1. The van der Waals surface area contributed by atoms with Gasteiger partial charge in [-0.3, -0.25) is 9.69 Å². The molecule has 36 heavy (non-hydrogen) atoms. The number of ether oxygens (including phenoxy) is 1. The van der Waals surface area contributed by atoms with E-state index in [0.717, 1.165) is 49.2 Å². The number of pyridine rings is 1. The Morgan fingerprint density at radius 3 is 2.83 bits per heavy atom. The summed E-state index contributed by atoms with van der Waals surface area (Å²) in [5, 5.41) is 9.78. The van der Waals surface area contributed by atoms with E-state index in [4.69, 9.17) is 10.5 Å². The number of nitrogens with two attached hydrogens (primary N) is 1. The van der Waals surface area contributed by atoms with Crippen molar-refractivity contribution in [1.82, 2.24) is 20.9 Å². The Bertz CT molecular complexity index is 1220. The van der Waals surface area contributed by atoms with Crippen molar-refractivity contribution in [3.8, 4) is 11.6 Å². The number of piperidine rings is 1. The van der Waals surface area contributed by atoms with Gasteiger partial charge in [0.2, 0.25) is 5.88 Å². The lowest BCUT2D eigenvalue weighted by molar-refractivity contribution is -0.117. The number of thioether (sulfide) groups is 1. The van der Waals surface area contributed by atoms with Crippen LogP contribution in [0.15, 0.2) is 53.2 Å². The van der Waals surface area contributed by atoms with Gasteiger partial charge in [-0.05, 0) is 56.8 Å². The van der Waals surface area contributed by atoms with Crippen LogP contribution in [0.4, 0.5) is 10.5 Å². The van der Waals surface area contributed by atoms with Crippen LogP contribution in [0.25, 0.3) is 0 Å². The smallest absolute Gasteiger partial charge is 0.326 e. The van der Waals surface area contributed by atoms with E-state index in [-0.39, 0.29) is 41.4 Å². The summed E-state index contributed by atoms with van der Waals surface area (Å²) in [4.78, 5) is 33.6. The average molecular weight is 507 g/mol. The maximum atomic E-state index is 13.5. The fraction of sp³-hybridized carbons (Fsp3) is 0.423. The van der Waals surface area contributed by atoms with Crippen LogP contribution in [0.5, 0.6) is 11.6 Å². The lowest BCUT2D eigenvalue weighted by atomic mass is 9.86. The van der Waals surface area contributed by atoms with E-state index in [1.54, 1.807) is 6.20 Å². The maximum absolute atomic E-state index is 13.5. The second-order valence-electron chi connectivity index (χ2n) is 9.88. The highest BCUT2D eigenvalue weighted by Gasteiger charge is 2.52. The summed E-state index contributed by atoms with van der Waals surface area (Å²) in [5.74, 6) is 1.06. The van der Waals surface area contributed by atoms with Gasteiger partial charge in [0, 0.05) is 29.8 Å². The van der Waals surface area contributed by atoms with Gasteiger partial charge in [-0.1, -0.05) is 30.0 Å². The normalized spacial score (nSPS) is 29.1. The van der Waals surface area contributed by atoms with Gasteiger partial charge in [0.25, 0.3) is 5.91 Å². The van der Waals surface area contributed by atoms with Gasteiger partial charge in [0.15, 0.2) is 0 Å². The van der Waals surface area contributed by atoms with Gasteiger partial charge in [0.1, 0.15) is 5.75 Å². The number of amides is 3. The third-order valence-electron chi connectivity index (χ3n) is 7.44. The molecule has 3 unspecified atom stereocenters. The number of hydrogen-bond donors (Lipinski definition) is 4. The van der Waals surface area contributed by atoms with Gasteiger partial charge >= 0.3 is 6.03 Å². The molecule has 2 saturated heterocycles. The molecule has 6 rings (SSSR count). The molecule has 1 aromatic carbocycles. The van der Waals surface area contributed by atoms with Crippen LogP contribution >= 0.6 is 11.8 Å². The number of carbonyl (C=O) groups excluding carboxylic acids is 2. The zero-order chi connectivity index (χ0) is 24.8. The average Bonchev–Trinajstić information content (AvgIpc) is 3.44. The Labute approximate surface area is 214 Å². The predicted octanol–water partition coefficient (Wildman–Crippen LogP) is 2.97. The Balaban J connectivity index is 1.25. The highest BCUT2D eigenvalue weighted by Crippen LogP contribution is 2.48. The van der Waals surface area contributed by atoms with Crippen molar-refractivity contribution in [2.75, 3.05) is 11.4 Å². The van der Waals surface area contributed by atoms with Crippen molar-refractivity contribution < 1.29 is 14.3 Å². The van der Waals surface area contributed by atoms with Gasteiger partial charge in [-0.2, -0.15) is 0 Å². The molecule has 5 atom stereocenters.